The number of carbonyl (C=O) groups is 3. The highest BCUT2D eigenvalue weighted by atomic mass is 16.5. The van der Waals surface area contributed by atoms with Gasteiger partial charge in [0.15, 0.2) is 0 Å². The van der Waals surface area contributed by atoms with Gasteiger partial charge >= 0.3 is 0 Å². The number of benzene rings is 2. The molecule has 2 aromatic rings. The number of nitrogens with zero attached hydrogens (tertiary/aromatic N) is 3. The first-order valence-electron chi connectivity index (χ1n) is 13.2. The molecule has 1 saturated carbocycles. The number of imide groups is 1. The molecule has 190 valence electrons. The van der Waals surface area contributed by atoms with Gasteiger partial charge in [-0.1, -0.05) is 18.6 Å². The number of rotatable bonds is 5. The molecule has 37 heavy (non-hydrogen) atoms. The van der Waals surface area contributed by atoms with E-state index in [9.17, 15) is 14.4 Å². The Labute approximate surface area is 216 Å². The van der Waals surface area contributed by atoms with Gasteiger partial charge in [0.1, 0.15) is 17.9 Å². The van der Waals surface area contributed by atoms with Crippen LogP contribution in [-0.4, -0.2) is 58.8 Å². The summed E-state index contributed by atoms with van der Waals surface area (Å²) in [4.78, 5) is 40.9. The number of amides is 3. The first kappa shape index (κ1) is 23.7. The Kier molecular flexibility index (Phi) is 6.17. The highest BCUT2D eigenvalue weighted by molar-refractivity contribution is 6.05. The van der Waals surface area contributed by atoms with Crippen molar-refractivity contribution >= 4 is 17.7 Å². The maximum Gasteiger partial charge on any atom is 0.255 e. The highest BCUT2D eigenvalue weighted by Crippen LogP contribution is 2.36. The number of carbonyl (C=O) groups excluding carboxylic acids is 3. The summed E-state index contributed by atoms with van der Waals surface area (Å²) in [5.41, 5.74) is 3.44. The van der Waals surface area contributed by atoms with Crippen molar-refractivity contribution in [3.05, 3.63) is 64.7 Å². The molecule has 0 aromatic heterocycles. The summed E-state index contributed by atoms with van der Waals surface area (Å²) < 4.78 is 6.54. The fourth-order valence-electron chi connectivity index (χ4n) is 6.26. The van der Waals surface area contributed by atoms with E-state index in [1.165, 1.54) is 12.0 Å². The van der Waals surface area contributed by atoms with Crippen LogP contribution in [0.2, 0.25) is 0 Å². The van der Waals surface area contributed by atoms with Gasteiger partial charge in [-0.05, 0) is 67.1 Å². The molecule has 0 radical (unpaired) electrons. The lowest BCUT2D eigenvalue weighted by Gasteiger charge is -2.48. The topological polar surface area (TPSA) is 103 Å². The molecule has 3 amide bonds. The number of likely N-dealkylation sites (tertiary alicyclic amines) is 1. The Morgan fingerprint density at radius 1 is 0.973 bits per heavy atom. The summed E-state index contributed by atoms with van der Waals surface area (Å²) in [6.07, 6.45) is 5.14. The third-order valence-corrected chi connectivity index (χ3v) is 8.34. The quantitative estimate of drug-likeness (QED) is 0.636. The number of piperidine rings is 1. The third-order valence-electron chi connectivity index (χ3n) is 8.34. The molecule has 8 nitrogen and oxygen atoms in total. The van der Waals surface area contributed by atoms with Gasteiger partial charge in [-0.25, -0.2) is 0 Å². The van der Waals surface area contributed by atoms with Crippen LogP contribution in [0.4, 0.5) is 0 Å². The number of nitrogens with one attached hydrogen (secondary N) is 1. The number of hydrogen-bond acceptors (Lipinski definition) is 6. The van der Waals surface area contributed by atoms with E-state index in [0.717, 1.165) is 43.7 Å². The molecule has 0 bridgehead atoms. The van der Waals surface area contributed by atoms with Crippen molar-refractivity contribution < 1.29 is 19.1 Å². The molecule has 8 heteroatoms. The molecule has 0 spiro atoms. The van der Waals surface area contributed by atoms with E-state index in [0.29, 0.717) is 36.1 Å². The summed E-state index contributed by atoms with van der Waals surface area (Å²) in [5.74, 6) is 0.402. The van der Waals surface area contributed by atoms with Crippen LogP contribution >= 0.6 is 0 Å². The van der Waals surface area contributed by atoms with E-state index in [2.05, 4.69) is 28.4 Å². The molecule has 3 fully saturated rings. The van der Waals surface area contributed by atoms with Gasteiger partial charge < -0.3 is 9.64 Å². The van der Waals surface area contributed by atoms with Crippen LogP contribution in [0.1, 0.15) is 71.5 Å². The minimum Gasteiger partial charge on any atom is -0.489 e. The van der Waals surface area contributed by atoms with Crippen molar-refractivity contribution in [3.63, 3.8) is 0 Å². The van der Waals surface area contributed by atoms with E-state index >= 15 is 0 Å². The lowest BCUT2D eigenvalue weighted by atomic mass is 9.84. The fourth-order valence-corrected chi connectivity index (χ4v) is 6.26. The first-order chi connectivity index (χ1) is 18.0. The molecular weight excluding hydrogens is 468 g/mol. The van der Waals surface area contributed by atoms with Gasteiger partial charge in [-0.15, -0.1) is 0 Å². The van der Waals surface area contributed by atoms with Crippen LogP contribution in [0.3, 0.4) is 0 Å². The molecule has 1 aliphatic carbocycles. The number of nitriles is 1. The zero-order valence-corrected chi connectivity index (χ0v) is 20.7. The number of hydrogen-bond donors (Lipinski definition) is 1. The van der Waals surface area contributed by atoms with Crippen LogP contribution in [0.15, 0.2) is 42.5 Å². The average molecular weight is 499 g/mol. The van der Waals surface area contributed by atoms with Gasteiger partial charge in [0.05, 0.1) is 11.6 Å². The summed E-state index contributed by atoms with van der Waals surface area (Å²) in [6.45, 7) is 2.34. The summed E-state index contributed by atoms with van der Waals surface area (Å²) in [7, 11) is 0. The van der Waals surface area contributed by atoms with Crippen molar-refractivity contribution in [1.29, 1.82) is 5.26 Å². The predicted octanol–water partition coefficient (Wildman–Crippen LogP) is 3.11. The van der Waals surface area contributed by atoms with E-state index in [4.69, 9.17) is 10.00 Å². The highest BCUT2D eigenvalue weighted by Gasteiger charge is 2.41. The zero-order chi connectivity index (χ0) is 25.5. The van der Waals surface area contributed by atoms with E-state index in [1.807, 2.05) is 24.3 Å². The van der Waals surface area contributed by atoms with Gasteiger partial charge in [-0.2, -0.15) is 5.26 Å². The Hall–Kier alpha value is -3.70. The lowest BCUT2D eigenvalue weighted by molar-refractivity contribution is -0.136. The second-order valence-corrected chi connectivity index (χ2v) is 10.6. The van der Waals surface area contributed by atoms with Crippen molar-refractivity contribution in [2.24, 2.45) is 0 Å². The lowest BCUT2D eigenvalue weighted by Crippen LogP contribution is -2.57. The van der Waals surface area contributed by atoms with E-state index < -0.39 is 11.9 Å². The van der Waals surface area contributed by atoms with E-state index in [-0.39, 0.29) is 24.3 Å². The van der Waals surface area contributed by atoms with Crippen molar-refractivity contribution in [3.8, 4) is 11.8 Å². The first-order valence-corrected chi connectivity index (χ1v) is 13.2. The summed E-state index contributed by atoms with van der Waals surface area (Å²) >= 11 is 0. The second kappa shape index (κ2) is 9.64. The number of fused-ring (bicyclic) bond motifs is 1. The normalized spacial score (nSPS) is 26.3. The average Bonchev–Trinajstić information content (AvgIpc) is 3.20. The third kappa shape index (κ3) is 4.49. The van der Waals surface area contributed by atoms with Crippen LogP contribution in [0, 0.1) is 11.3 Å². The molecule has 3 heterocycles. The van der Waals surface area contributed by atoms with Crippen molar-refractivity contribution in [1.82, 2.24) is 15.1 Å². The van der Waals surface area contributed by atoms with Crippen molar-refractivity contribution in [2.75, 3.05) is 13.1 Å². The van der Waals surface area contributed by atoms with Gasteiger partial charge in [0, 0.05) is 43.6 Å². The minimum absolute atomic E-state index is 0.0945. The van der Waals surface area contributed by atoms with Crippen LogP contribution < -0.4 is 10.1 Å². The molecule has 2 saturated heterocycles. The predicted molar refractivity (Wildman–Crippen MR) is 135 cm³/mol. The molecule has 3 atom stereocenters. The zero-order valence-electron chi connectivity index (χ0n) is 20.7. The summed E-state index contributed by atoms with van der Waals surface area (Å²) in [5, 5.41) is 11.4. The van der Waals surface area contributed by atoms with Gasteiger partial charge in [0.2, 0.25) is 11.8 Å². The Balaban J connectivity index is 1.11. The van der Waals surface area contributed by atoms with Crippen LogP contribution in [-0.2, 0) is 16.1 Å². The van der Waals surface area contributed by atoms with Crippen LogP contribution in [0.25, 0.3) is 0 Å². The van der Waals surface area contributed by atoms with Gasteiger partial charge in [0.25, 0.3) is 5.91 Å². The Morgan fingerprint density at radius 3 is 2.51 bits per heavy atom. The largest absolute Gasteiger partial charge is 0.489 e. The molecule has 4 aliphatic rings. The smallest absolute Gasteiger partial charge is 0.255 e. The molecule has 6 rings (SSSR count). The maximum absolute atomic E-state index is 13.0. The summed E-state index contributed by atoms with van der Waals surface area (Å²) in [6, 6.07) is 15.5. The molecule has 3 aliphatic heterocycles. The van der Waals surface area contributed by atoms with Crippen LogP contribution in [0.5, 0.6) is 5.75 Å². The fraction of sp³-hybridized carbons (Fsp3) is 0.448. The molecule has 2 aromatic carbocycles. The molecular formula is C29H30N4O4. The molecule has 1 unspecified atom stereocenters. The van der Waals surface area contributed by atoms with Crippen molar-refractivity contribution in [2.45, 2.75) is 69.2 Å². The maximum atomic E-state index is 13.0. The molecule has 1 N–H and O–H groups in total. The standard InChI is InChI=1S/C29H30N4O4/c30-14-18-5-7-19(8-6-18)21-15-32(16-21)24-3-1-2-4-26(24)37-22-9-10-23-20(13-22)17-33(29(23)36)25-11-12-27(34)31-28(25)35/h5-10,13,21,24-26H,1-4,11-12,15-17H2,(H,31,34,35)/t24-,25?,26+/m0/s1. The van der Waals surface area contributed by atoms with E-state index in [1.54, 1.807) is 11.0 Å². The van der Waals surface area contributed by atoms with Gasteiger partial charge in [-0.3, -0.25) is 24.6 Å². The monoisotopic (exact) mass is 498 g/mol. The SMILES string of the molecule is N#Cc1ccc(C2CN([C@H]3CCCC[C@H]3Oc3ccc4c(c3)CN(C3CCC(=O)NC3=O)C4=O)C2)cc1. The minimum atomic E-state index is -0.611. The Morgan fingerprint density at radius 2 is 1.76 bits per heavy atom. The second-order valence-electron chi connectivity index (χ2n) is 10.6. The Bertz CT molecular complexity index is 1280. The number of ether oxygens (including phenoxy) is 1.